The second-order valence-corrected chi connectivity index (χ2v) is 8.38. The van der Waals surface area contributed by atoms with Crippen LogP contribution in [0.15, 0.2) is 11.3 Å². The van der Waals surface area contributed by atoms with E-state index in [-0.39, 0.29) is 17.9 Å². The van der Waals surface area contributed by atoms with Crippen molar-refractivity contribution in [2.24, 2.45) is 5.92 Å². The van der Waals surface area contributed by atoms with Crippen LogP contribution < -0.4 is 10.6 Å². The summed E-state index contributed by atoms with van der Waals surface area (Å²) in [6.07, 6.45) is 9.06. The molecular weight excluding hydrogens is 300 g/mol. The summed E-state index contributed by atoms with van der Waals surface area (Å²) in [4.78, 5) is 12.8. The maximum absolute atomic E-state index is 12.8. The van der Waals surface area contributed by atoms with E-state index in [1.807, 2.05) is 20.8 Å². The van der Waals surface area contributed by atoms with Crippen molar-refractivity contribution in [2.45, 2.75) is 90.7 Å². The van der Waals surface area contributed by atoms with Gasteiger partial charge in [-0.05, 0) is 79.2 Å². The highest BCUT2D eigenvalue weighted by molar-refractivity contribution is 5.73. The molecule has 0 aromatic rings. The quantitative estimate of drug-likeness (QED) is 0.747. The fourth-order valence-corrected chi connectivity index (χ4v) is 3.72. The van der Waals surface area contributed by atoms with Crippen molar-refractivity contribution in [3.63, 3.8) is 0 Å². The Balaban J connectivity index is 2.00. The van der Waals surface area contributed by atoms with E-state index >= 15 is 0 Å². The van der Waals surface area contributed by atoms with Gasteiger partial charge in [0.15, 0.2) is 0 Å². The van der Waals surface area contributed by atoms with Crippen molar-refractivity contribution < 1.29 is 9.53 Å². The maximum atomic E-state index is 12.8. The molecule has 0 saturated carbocycles. The predicted octanol–water partition coefficient (Wildman–Crippen LogP) is 3.91. The van der Waals surface area contributed by atoms with Crippen molar-refractivity contribution >= 4 is 5.97 Å². The Morgan fingerprint density at radius 1 is 1.21 bits per heavy atom. The molecule has 0 spiro atoms. The zero-order valence-corrected chi connectivity index (χ0v) is 16.0. The first-order valence-corrected chi connectivity index (χ1v) is 9.75. The van der Waals surface area contributed by atoms with E-state index in [2.05, 4.69) is 17.6 Å². The van der Waals surface area contributed by atoms with Gasteiger partial charge in [0.25, 0.3) is 0 Å². The Labute approximate surface area is 147 Å². The topological polar surface area (TPSA) is 50.4 Å². The van der Waals surface area contributed by atoms with E-state index < -0.39 is 5.60 Å². The SMILES string of the molecule is C/C(CCC(C(=O)OC(C)(C)C)C1CCCCN1)=C1\CCCCN1. The van der Waals surface area contributed by atoms with Gasteiger partial charge in [0.05, 0.1) is 5.92 Å². The third kappa shape index (κ3) is 6.12. The standard InChI is InChI=1S/C20H36N2O2/c1-15(17-9-5-7-13-21-17)11-12-16(18-10-6-8-14-22-18)19(23)24-20(2,3)4/h16,18,21-22H,5-14H2,1-4H3/b17-15-. The number of carbonyl (C=O) groups is 1. The van der Waals surface area contributed by atoms with Gasteiger partial charge in [-0.1, -0.05) is 12.0 Å². The summed E-state index contributed by atoms with van der Waals surface area (Å²) in [5.74, 6) is -0.0695. The lowest BCUT2D eigenvalue weighted by Gasteiger charge is -2.32. The van der Waals surface area contributed by atoms with Crippen molar-refractivity contribution in [3.05, 3.63) is 11.3 Å². The second kappa shape index (κ2) is 8.89. The smallest absolute Gasteiger partial charge is 0.311 e. The van der Waals surface area contributed by atoms with Crippen LogP contribution in [0.5, 0.6) is 0 Å². The first kappa shape index (κ1) is 19.3. The lowest BCUT2D eigenvalue weighted by molar-refractivity contribution is -0.161. The van der Waals surface area contributed by atoms with Gasteiger partial charge in [-0.25, -0.2) is 0 Å². The van der Waals surface area contributed by atoms with Crippen molar-refractivity contribution in [1.82, 2.24) is 10.6 Å². The predicted molar refractivity (Wildman–Crippen MR) is 98.8 cm³/mol. The average Bonchev–Trinajstić information content (AvgIpc) is 2.55. The fourth-order valence-electron chi connectivity index (χ4n) is 3.72. The molecule has 0 radical (unpaired) electrons. The van der Waals surface area contributed by atoms with Gasteiger partial charge in [0.1, 0.15) is 5.60 Å². The number of piperidine rings is 2. The second-order valence-electron chi connectivity index (χ2n) is 8.38. The molecular formula is C20H36N2O2. The third-order valence-corrected chi connectivity index (χ3v) is 5.08. The maximum Gasteiger partial charge on any atom is 0.311 e. The molecule has 138 valence electrons. The molecule has 2 aliphatic heterocycles. The van der Waals surface area contributed by atoms with Crippen LogP contribution in [0.25, 0.3) is 0 Å². The number of hydrogen-bond donors (Lipinski definition) is 2. The van der Waals surface area contributed by atoms with Crippen molar-refractivity contribution in [3.8, 4) is 0 Å². The molecule has 0 aromatic carbocycles. The number of rotatable bonds is 5. The normalized spacial score (nSPS) is 25.6. The molecule has 0 aromatic heterocycles. The van der Waals surface area contributed by atoms with Gasteiger partial charge in [-0.2, -0.15) is 0 Å². The number of esters is 1. The van der Waals surface area contributed by atoms with Crippen LogP contribution in [0.2, 0.25) is 0 Å². The fraction of sp³-hybridized carbons (Fsp3) is 0.850. The number of ether oxygens (including phenoxy) is 1. The summed E-state index contributed by atoms with van der Waals surface area (Å²) in [5, 5.41) is 7.09. The van der Waals surface area contributed by atoms with Gasteiger partial charge in [-0.15, -0.1) is 0 Å². The largest absolute Gasteiger partial charge is 0.460 e. The Kier molecular flexibility index (Phi) is 7.15. The summed E-state index contributed by atoms with van der Waals surface area (Å²) in [5.41, 5.74) is 2.41. The molecule has 0 bridgehead atoms. The molecule has 4 nitrogen and oxygen atoms in total. The molecule has 2 heterocycles. The Bertz CT molecular complexity index is 437. The van der Waals surface area contributed by atoms with Crippen LogP contribution in [-0.4, -0.2) is 30.7 Å². The summed E-state index contributed by atoms with van der Waals surface area (Å²) in [6, 6.07) is 0.269. The zero-order chi connectivity index (χ0) is 17.6. The molecule has 4 heteroatoms. The van der Waals surface area contributed by atoms with Crippen LogP contribution in [-0.2, 0) is 9.53 Å². The van der Waals surface area contributed by atoms with Crippen LogP contribution >= 0.6 is 0 Å². The van der Waals surface area contributed by atoms with E-state index in [1.165, 1.54) is 37.0 Å². The highest BCUT2D eigenvalue weighted by atomic mass is 16.6. The molecule has 2 unspecified atom stereocenters. The summed E-state index contributed by atoms with van der Waals surface area (Å²) < 4.78 is 5.72. The highest BCUT2D eigenvalue weighted by Crippen LogP contribution is 2.26. The molecule has 2 N–H and O–H groups in total. The molecule has 0 aliphatic carbocycles. The Hall–Kier alpha value is -1.03. The number of carbonyl (C=O) groups excluding carboxylic acids is 1. The lowest BCUT2D eigenvalue weighted by Crippen LogP contribution is -2.45. The minimum absolute atomic E-state index is 0.0312. The lowest BCUT2D eigenvalue weighted by atomic mass is 9.87. The minimum atomic E-state index is -0.414. The molecule has 2 saturated heterocycles. The molecule has 0 amide bonds. The summed E-state index contributed by atoms with van der Waals surface area (Å²) in [7, 11) is 0. The first-order valence-electron chi connectivity index (χ1n) is 9.75. The third-order valence-electron chi connectivity index (χ3n) is 5.08. The molecule has 2 fully saturated rings. The van der Waals surface area contributed by atoms with Gasteiger partial charge in [0, 0.05) is 18.3 Å². The van der Waals surface area contributed by atoms with E-state index in [9.17, 15) is 4.79 Å². The van der Waals surface area contributed by atoms with E-state index in [1.54, 1.807) is 0 Å². The number of allylic oxidation sites excluding steroid dienone is 2. The van der Waals surface area contributed by atoms with Crippen molar-refractivity contribution in [2.75, 3.05) is 13.1 Å². The first-order chi connectivity index (χ1) is 11.4. The Morgan fingerprint density at radius 2 is 1.96 bits per heavy atom. The molecule has 24 heavy (non-hydrogen) atoms. The Morgan fingerprint density at radius 3 is 2.54 bits per heavy atom. The van der Waals surface area contributed by atoms with E-state index in [0.29, 0.717) is 0 Å². The van der Waals surface area contributed by atoms with E-state index in [0.717, 1.165) is 38.8 Å². The average molecular weight is 337 g/mol. The van der Waals surface area contributed by atoms with Crippen LogP contribution in [0, 0.1) is 5.92 Å². The molecule has 2 rings (SSSR count). The minimum Gasteiger partial charge on any atom is -0.460 e. The molecule has 2 aliphatic rings. The monoisotopic (exact) mass is 336 g/mol. The van der Waals surface area contributed by atoms with Gasteiger partial charge < -0.3 is 15.4 Å². The molecule has 2 atom stereocenters. The number of hydrogen-bond acceptors (Lipinski definition) is 4. The zero-order valence-electron chi connectivity index (χ0n) is 16.0. The van der Waals surface area contributed by atoms with Gasteiger partial charge in [0.2, 0.25) is 0 Å². The number of nitrogens with one attached hydrogen (secondary N) is 2. The van der Waals surface area contributed by atoms with Crippen molar-refractivity contribution in [1.29, 1.82) is 0 Å². The van der Waals surface area contributed by atoms with Crippen LogP contribution in [0.3, 0.4) is 0 Å². The van der Waals surface area contributed by atoms with Crippen LogP contribution in [0.4, 0.5) is 0 Å². The van der Waals surface area contributed by atoms with Gasteiger partial charge >= 0.3 is 5.97 Å². The van der Waals surface area contributed by atoms with Crippen LogP contribution in [0.1, 0.15) is 79.1 Å². The summed E-state index contributed by atoms with van der Waals surface area (Å²) >= 11 is 0. The van der Waals surface area contributed by atoms with E-state index in [4.69, 9.17) is 4.74 Å². The summed E-state index contributed by atoms with van der Waals surface area (Å²) in [6.45, 7) is 10.2. The van der Waals surface area contributed by atoms with Gasteiger partial charge in [-0.3, -0.25) is 4.79 Å². The highest BCUT2D eigenvalue weighted by Gasteiger charge is 2.32.